The summed E-state index contributed by atoms with van der Waals surface area (Å²) in [6.07, 6.45) is 0.530. The molecule has 0 heterocycles. The Bertz CT molecular complexity index is 463. The van der Waals surface area contributed by atoms with Crippen molar-refractivity contribution in [1.82, 2.24) is 4.90 Å². The highest BCUT2D eigenvalue weighted by molar-refractivity contribution is 5.76. The molecule has 0 aromatic heterocycles. The van der Waals surface area contributed by atoms with Crippen LogP contribution in [0.2, 0.25) is 0 Å². The summed E-state index contributed by atoms with van der Waals surface area (Å²) >= 11 is 0. The molecule has 0 radical (unpaired) electrons. The molecule has 1 rings (SSSR count). The third-order valence-corrected chi connectivity index (χ3v) is 3.01. The number of rotatable bonds is 5. The summed E-state index contributed by atoms with van der Waals surface area (Å²) in [4.78, 5) is 13.9. The first-order valence-electron chi connectivity index (χ1n) is 6.71. The van der Waals surface area contributed by atoms with Gasteiger partial charge in [0.2, 0.25) is 5.91 Å². The van der Waals surface area contributed by atoms with E-state index < -0.39 is 0 Å². The molecule has 112 valence electrons. The van der Waals surface area contributed by atoms with Crippen LogP contribution in [-0.4, -0.2) is 32.1 Å². The maximum atomic E-state index is 12.1. The Morgan fingerprint density at radius 1 is 1.20 bits per heavy atom. The van der Waals surface area contributed by atoms with Gasteiger partial charge in [0.05, 0.1) is 14.2 Å². The van der Waals surface area contributed by atoms with E-state index in [0.29, 0.717) is 13.0 Å². The molecule has 0 N–H and O–H groups in total. The molecule has 0 aliphatic rings. The fourth-order valence-corrected chi connectivity index (χ4v) is 1.91. The average molecular weight is 279 g/mol. The smallest absolute Gasteiger partial charge is 0.223 e. The Hall–Kier alpha value is -1.71. The first kappa shape index (κ1) is 16.3. The average Bonchev–Trinajstić information content (AvgIpc) is 2.37. The van der Waals surface area contributed by atoms with Crippen molar-refractivity contribution in [2.75, 3.05) is 21.3 Å². The third kappa shape index (κ3) is 4.76. The van der Waals surface area contributed by atoms with E-state index in [1.54, 1.807) is 19.1 Å². The molecular formula is C16H25NO3. The molecule has 20 heavy (non-hydrogen) atoms. The van der Waals surface area contributed by atoms with Gasteiger partial charge in [-0.05, 0) is 17.5 Å². The van der Waals surface area contributed by atoms with Gasteiger partial charge in [0.25, 0.3) is 0 Å². The van der Waals surface area contributed by atoms with Crippen LogP contribution in [0.5, 0.6) is 11.5 Å². The minimum atomic E-state index is -0.00463. The number of nitrogens with zero attached hydrogens (tertiary/aromatic N) is 1. The van der Waals surface area contributed by atoms with E-state index in [0.717, 1.165) is 17.1 Å². The van der Waals surface area contributed by atoms with E-state index >= 15 is 0 Å². The van der Waals surface area contributed by atoms with Gasteiger partial charge >= 0.3 is 0 Å². The van der Waals surface area contributed by atoms with Crippen LogP contribution in [0.1, 0.15) is 32.8 Å². The van der Waals surface area contributed by atoms with Crippen LogP contribution in [-0.2, 0) is 11.3 Å². The maximum absolute atomic E-state index is 12.1. The predicted molar refractivity (Wildman–Crippen MR) is 80.1 cm³/mol. The molecule has 1 aromatic rings. The topological polar surface area (TPSA) is 38.8 Å². The molecule has 0 saturated heterocycles. The van der Waals surface area contributed by atoms with Crippen LogP contribution in [0.15, 0.2) is 18.2 Å². The number of hydrogen-bond donors (Lipinski definition) is 0. The molecule has 0 aliphatic carbocycles. The highest BCUT2D eigenvalue weighted by Crippen LogP contribution is 2.26. The molecular weight excluding hydrogens is 254 g/mol. The molecule has 0 saturated carbocycles. The number of methoxy groups -OCH3 is 2. The Morgan fingerprint density at radius 2 is 1.85 bits per heavy atom. The largest absolute Gasteiger partial charge is 0.497 e. The molecule has 1 amide bonds. The fraction of sp³-hybridized carbons (Fsp3) is 0.562. The van der Waals surface area contributed by atoms with Crippen molar-refractivity contribution in [2.24, 2.45) is 5.41 Å². The van der Waals surface area contributed by atoms with Gasteiger partial charge in [-0.15, -0.1) is 0 Å². The lowest BCUT2D eigenvalue weighted by molar-refractivity contribution is -0.132. The number of amides is 1. The van der Waals surface area contributed by atoms with Gasteiger partial charge in [-0.25, -0.2) is 0 Å². The van der Waals surface area contributed by atoms with Crippen molar-refractivity contribution in [1.29, 1.82) is 0 Å². The lowest BCUT2D eigenvalue weighted by Crippen LogP contribution is -2.29. The summed E-state index contributed by atoms with van der Waals surface area (Å²) in [5, 5.41) is 0. The quantitative estimate of drug-likeness (QED) is 0.831. The fourth-order valence-electron chi connectivity index (χ4n) is 1.91. The number of carbonyl (C=O) groups excluding carboxylic acids is 1. The number of ether oxygens (including phenoxy) is 2. The van der Waals surface area contributed by atoms with Crippen LogP contribution in [0.3, 0.4) is 0 Å². The lowest BCUT2D eigenvalue weighted by Gasteiger charge is -2.24. The van der Waals surface area contributed by atoms with E-state index in [4.69, 9.17) is 9.47 Å². The van der Waals surface area contributed by atoms with E-state index in [1.807, 2.05) is 25.2 Å². The minimum Gasteiger partial charge on any atom is -0.497 e. The van der Waals surface area contributed by atoms with Crippen LogP contribution in [0, 0.1) is 5.41 Å². The Balaban J connectivity index is 2.80. The second kappa shape index (κ2) is 6.64. The predicted octanol–water partition coefficient (Wildman–Crippen LogP) is 3.10. The first-order valence-corrected chi connectivity index (χ1v) is 6.71. The van der Waals surface area contributed by atoms with Crippen molar-refractivity contribution in [3.05, 3.63) is 23.8 Å². The second-order valence-corrected chi connectivity index (χ2v) is 6.17. The zero-order chi connectivity index (χ0) is 15.3. The summed E-state index contributed by atoms with van der Waals surface area (Å²) < 4.78 is 10.5. The SMILES string of the molecule is COc1ccc(CN(C)C(=O)CC(C)(C)C)c(OC)c1. The zero-order valence-electron chi connectivity index (χ0n) is 13.3. The standard InChI is InChI=1S/C16H25NO3/c1-16(2,3)10-15(18)17(4)11-12-7-8-13(19-5)9-14(12)20-6/h7-9H,10-11H2,1-6H3. The normalized spacial score (nSPS) is 11.1. The second-order valence-electron chi connectivity index (χ2n) is 6.17. The summed E-state index contributed by atoms with van der Waals surface area (Å²) in [6, 6.07) is 5.63. The van der Waals surface area contributed by atoms with Crippen LogP contribution in [0.4, 0.5) is 0 Å². The van der Waals surface area contributed by atoms with Gasteiger partial charge in [-0.1, -0.05) is 20.8 Å². The molecule has 4 heteroatoms. The maximum Gasteiger partial charge on any atom is 0.223 e. The van der Waals surface area contributed by atoms with Crippen LogP contribution in [0.25, 0.3) is 0 Å². The van der Waals surface area contributed by atoms with Gasteiger partial charge in [0.1, 0.15) is 11.5 Å². The highest BCUT2D eigenvalue weighted by Gasteiger charge is 2.19. The molecule has 4 nitrogen and oxygen atoms in total. The molecule has 0 fully saturated rings. The zero-order valence-corrected chi connectivity index (χ0v) is 13.3. The van der Waals surface area contributed by atoms with Crippen molar-refractivity contribution >= 4 is 5.91 Å². The van der Waals surface area contributed by atoms with Gasteiger partial charge in [-0.2, -0.15) is 0 Å². The summed E-state index contributed by atoms with van der Waals surface area (Å²) in [6.45, 7) is 6.72. The van der Waals surface area contributed by atoms with Crippen LogP contribution >= 0.6 is 0 Å². The molecule has 0 aliphatic heterocycles. The van der Waals surface area contributed by atoms with Crippen molar-refractivity contribution in [3.8, 4) is 11.5 Å². The van der Waals surface area contributed by atoms with Crippen molar-refractivity contribution in [3.63, 3.8) is 0 Å². The monoisotopic (exact) mass is 279 g/mol. The number of benzene rings is 1. The first-order chi connectivity index (χ1) is 9.26. The summed E-state index contributed by atoms with van der Waals surface area (Å²) in [5.41, 5.74) is 0.966. The summed E-state index contributed by atoms with van der Waals surface area (Å²) in [7, 11) is 5.06. The molecule has 1 aromatic carbocycles. The molecule has 0 unspecified atom stereocenters. The Kier molecular flexibility index (Phi) is 5.43. The molecule has 0 bridgehead atoms. The Labute approximate surface area is 121 Å². The minimum absolute atomic E-state index is 0.00463. The lowest BCUT2D eigenvalue weighted by atomic mass is 9.91. The molecule has 0 spiro atoms. The van der Waals surface area contributed by atoms with E-state index in [9.17, 15) is 4.79 Å². The molecule has 0 atom stereocenters. The Morgan fingerprint density at radius 3 is 2.35 bits per heavy atom. The van der Waals surface area contributed by atoms with E-state index in [2.05, 4.69) is 20.8 Å². The van der Waals surface area contributed by atoms with Gasteiger partial charge < -0.3 is 14.4 Å². The van der Waals surface area contributed by atoms with Gasteiger partial charge in [0.15, 0.2) is 0 Å². The van der Waals surface area contributed by atoms with Gasteiger partial charge in [0, 0.05) is 31.6 Å². The van der Waals surface area contributed by atoms with Crippen LogP contribution < -0.4 is 9.47 Å². The van der Waals surface area contributed by atoms with Gasteiger partial charge in [-0.3, -0.25) is 4.79 Å². The van der Waals surface area contributed by atoms with E-state index in [1.165, 1.54) is 0 Å². The number of carbonyl (C=O) groups is 1. The van der Waals surface area contributed by atoms with E-state index in [-0.39, 0.29) is 11.3 Å². The van der Waals surface area contributed by atoms with Crippen molar-refractivity contribution in [2.45, 2.75) is 33.7 Å². The summed E-state index contributed by atoms with van der Waals surface area (Å²) in [5.74, 6) is 1.62. The third-order valence-electron chi connectivity index (χ3n) is 3.01. The highest BCUT2D eigenvalue weighted by atomic mass is 16.5. The number of hydrogen-bond acceptors (Lipinski definition) is 3. The van der Waals surface area contributed by atoms with Crippen molar-refractivity contribution < 1.29 is 14.3 Å².